The van der Waals surface area contributed by atoms with E-state index in [-0.39, 0.29) is 28.6 Å². The van der Waals surface area contributed by atoms with Crippen molar-refractivity contribution in [1.29, 1.82) is 0 Å². The van der Waals surface area contributed by atoms with Crippen molar-refractivity contribution >= 4 is 11.8 Å². The molecule has 184 valence electrons. The summed E-state index contributed by atoms with van der Waals surface area (Å²) >= 11 is 0. The molecular formula is C27H35NO6. The second-order valence-electron chi connectivity index (χ2n) is 11.6. The SMILES string of the molecule is CC1=C[C@]23C(=O)[C@@H](C=C(CO)[C@@H](O)[C@]2(O)[C@H]1OC(=O)c1ccc(C)n1C)[C@H]1[C@@H](C[C@H]3C)C1(C)C. The maximum Gasteiger partial charge on any atom is 0.355 e. The summed E-state index contributed by atoms with van der Waals surface area (Å²) in [6, 6.07) is 3.45. The molecule has 0 saturated heterocycles. The van der Waals surface area contributed by atoms with Crippen LogP contribution >= 0.6 is 0 Å². The van der Waals surface area contributed by atoms with E-state index in [9.17, 15) is 24.9 Å². The number of nitrogens with zero attached hydrogens (tertiary/aromatic N) is 1. The average Bonchev–Trinajstić information content (AvgIpc) is 3.06. The molecule has 7 heteroatoms. The molecule has 1 aromatic rings. The molecule has 0 amide bonds. The number of fused-ring (bicyclic) bond motifs is 3. The monoisotopic (exact) mass is 469 g/mol. The molecule has 1 spiro atoms. The molecule has 0 aliphatic heterocycles. The first-order chi connectivity index (χ1) is 15.8. The van der Waals surface area contributed by atoms with Crippen LogP contribution in [-0.2, 0) is 16.6 Å². The number of allylic oxidation sites excluding steroid dienone is 1. The lowest BCUT2D eigenvalue weighted by atomic mass is 9.59. The Morgan fingerprint density at radius 2 is 1.94 bits per heavy atom. The number of Topliss-reactive ketones (excluding diaryl/α,β-unsaturated/α-hetero) is 1. The smallest absolute Gasteiger partial charge is 0.355 e. The van der Waals surface area contributed by atoms with Gasteiger partial charge in [-0.2, -0.15) is 0 Å². The van der Waals surface area contributed by atoms with Crippen LogP contribution in [0.25, 0.3) is 0 Å². The summed E-state index contributed by atoms with van der Waals surface area (Å²) in [5.41, 5.74) is -1.64. The van der Waals surface area contributed by atoms with Gasteiger partial charge in [0.25, 0.3) is 0 Å². The maximum absolute atomic E-state index is 14.3. The van der Waals surface area contributed by atoms with E-state index < -0.39 is 41.7 Å². The fourth-order valence-electron chi connectivity index (χ4n) is 7.58. The number of rotatable bonds is 3. The summed E-state index contributed by atoms with van der Waals surface area (Å²) in [5.74, 6) is -1.23. The molecule has 4 aliphatic rings. The van der Waals surface area contributed by atoms with Gasteiger partial charge in [0, 0.05) is 18.7 Å². The molecule has 34 heavy (non-hydrogen) atoms. The molecule has 1 aromatic heterocycles. The Morgan fingerprint density at radius 3 is 2.53 bits per heavy atom. The van der Waals surface area contributed by atoms with Gasteiger partial charge in [-0.25, -0.2) is 4.79 Å². The van der Waals surface area contributed by atoms with Gasteiger partial charge in [0.05, 0.1) is 12.0 Å². The van der Waals surface area contributed by atoms with Crippen molar-refractivity contribution in [3.05, 3.63) is 46.8 Å². The van der Waals surface area contributed by atoms with Gasteiger partial charge in [0.1, 0.15) is 11.8 Å². The Hall–Kier alpha value is -2.22. The van der Waals surface area contributed by atoms with Crippen molar-refractivity contribution in [2.24, 2.45) is 41.5 Å². The summed E-state index contributed by atoms with van der Waals surface area (Å²) in [7, 11) is 1.75. The zero-order valence-corrected chi connectivity index (χ0v) is 20.7. The molecule has 2 saturated carbocycles. The van der Waals surface area contributed by atoms with E-state index in [4.69, 9.17) is 4.74 Å². The second-order valence-corrected chi connectivity index (χ2v) is 11.6. The first-order valence-electron chi connectivity index (χ1n) is 12.1. The summed E-state index contributed by atoms with van der Waals surface area (Å²) < 4.78 is 7.60. The highest BCUT2D eigenvalue weighted by Gasteiger charge is 2.76. The molecule has 5 rings (SSSR count). The second kappa shape index (κ2) is 7.15. The number of carbonyl (C=O) groups is 2. The van der Waals surface area contributed by atoms with E-state index in [1.165, 1.54) is 0 Å². The van der Waals surface area contributed by atoms with Gasteiger partial charge in [0.15, 0.2) is 17.5 Å². The van der Waals surface area contributed by atoms with Crippen LogP contribution in [0, 0.1) is 41.4 Å². The summed E-state index contributed by atoms with van der Waals surface area (Å²) in [6.45, 7) is 9.36. The lowest BCUT2D eigenvalue weighted by Crippen LogP contribution is -2.65. The standard InChI is InChI=1S/C27H35NO6/c1-13-11-26-14(2)9-18-20(25(18,4)5)17(22(26)31)10-16(12-29)21(30)27(26,33)23(13)34-24(32)19-8-7-15(3)28(19)6/h7-8,10-11,14,17-18,20-21,23,29-30,33H,9,12H2,1-6H3/t14-,17+,18-,20+,21-,23+,26+,27+/m1/s1. The average molecular weight is 470 g/mol. The van der Waals surface area contributed by atoms with Crippen molar-refractivity contribution in [2.45, 2.75) is 58.8 Å². The van der Waals surface area contributed by atoms with Crippen molar-refractivity contribution in [3.63, 3.8) is 0 Å². The molecule has 2 fully saturated rings. The van der Waals surface area contributed by atoms with E-state index in [1.54, 1.807) is 42.8 Å². The zero-order valence-electron chi connectivity index (χ0n) is 20.7. The van der Waals surface area contributed by atoms with Crippen LogP contribution in [0.15, 0.2) is 35.4 Å². The number of aromatic nitrogens is 1. The number of hydrogen-bond acceptors (Lipinski definition) is 6. The van der Waals surface area contributed by atoms with Crippen LogP contribution in [0.3, 0.4) is 0 Å². The number of ketones is 1. The first kappa shape index (κ1) is 23.5. The van der Waals surface area contributed by atoms with Gasteiger partial charge in [0.2, 0.25) is 0 Å². The highest BCUT2D eigenvalue weighted by Crippen LogP contribution is 2.71. The van der Waals surface area contributed by atoms with Crippen molar-refractivity contribution in [1.82, 2.24) is 4.57 Å². The molecule has 0 aromatic carbocycles. The summed E-state index contributed by atoms with van der Waals surface area (Å²) in [5, 5.41) is 34.1. The maximum atomic E-state index is 14.3. The van der Waals surface area contributed by atoms with E-state index in [2.05, 4.69) is 13.8 Å². The minimum atomic E-state index is -2.12. The van der Waals surface area contributed by atoms with Gasteiger partial charge in [-0.3, -0.25) is 4.79 Å². The summed E-state index contributed by atoms with van der Waals surface area (Å²) in [4.78, 5) is 27.5. The van der Waals surface area contributed by atoms with E-state index in [0.29, 0.717) is 17.2 Å². The lowest BCUT2D eigenvalue weighted by Gasteiger charge is -2.48. The number of aliphatic hydroxyl groups is 3. The predicted octanol–water partition coefficient (Wildman–Crippen LogP) is 2.33. The molecular weight excluding hydrogens is 434 g/mol. The van der Waals surface area contributed by atoms with Crippen LogP contribution in [0.1, 0.15) is 50.3 Å². The minimum absolute atomic E-state index is 0.0334. The highest BCUT2D eigenvalue weighted by molar-refractivity contribution is 5.96. The molecule has 0 unspecified atom stereocenters. The third-order valence-electron chi connectivity index (χ3n) is 9.70. The number of aliphatic hydroxyl groups excluding tert-OH is 2. The molecule has 7 nitrogen and oxygen atoms in total. The Labute approximate surface area is 200 Å². The number of aryl methyl sites for hydroxylation is 1. The Bertz CT molecular complexity index is 1140. The number of hydrogen-bond donors (Lipinski definition) is 3. The molecule has 8 atom stereocenters. The van der Waals surface area contributed by atoms with Gasteiger partial charge in [-0.1, -0.05) is 32.9 Å². The third kappa shape index (κ3) is 2.63. The molecule has 1 heterocycles. The lowest BCUT2D eigenvalue weighted by molar-refractivity contribution is -0.190. The summed E-state index contributed by atoms with van der Waals surface area (Å²) in [6.07, 6.45) is 1.36. The van der Waals surface area contributed by atoms with Crippen LogP contribution in [0.4, 0.5) is 0 Å². The van der Waals surface area contributed by atoms with Gasteiger partial charge in [-0.05, 0) is 66.7 Å². The van der Waals surface area contributed by atoms with Crippen molar-refractivity contribution in [3.8, 4) is 0 Å². The molecule has 2 bridgehead atoms. The Kier molecular flexibility index (Phi) is 4.95. The quantitative estimate of drug-likeness (QED) is 0.463. The Balaban J connectivity index is 1.64. The molecule has 4 aliphatic carbocycles. The molecule has 0 radical (unpaired) electrons. The van der Waals surface area contributed by atoms with Gasteiger partial charge < -0.3 is 24.6 Å². The van der Waals surface area contributed by atoms with Crippen molar-refractivity contribution in [2.75, 3.05) is 6.61 Å². The largest absolute Gasteiger partial charge is 0.450 e. The fraction of sp³-hybridized carbons (Fsp3) is 0.630. The topological polar surface area (TPSA) is 109 Å². The third-order valence-corrected chi connectivity index (χ3v) is 9.70. The fourth-order valence-corrected chi connectivity index (χ4v) is 7.58. The predicted molar refractivity (Wildman–Crippen MR) is 125 cm³/mol. The zero-order chi connectivity index (χ0) is 25.0. The number of ether oxygens (including phenoxy) is 1. The number of esters is 1. The van der Waals surface area contributed by atoms with E-state index >= 15 is 0 Å². The van der Waals surface area contributed by atoms with Crippen molar-refractivity contribution < 1.29 is 29.6 Å². The Morgan fingerprint density at radius 1 is 1.26 bits per heavy atom. The minimum Gasteiger partial charge on any atom is -0.450 e. The normalized spacial score (nSPS) is 42.1. The van der Waals surface area contributed by atoms with E-state index in [0.717, 1.165) is 12.1 Å². The van der Waals surface area contributed by atoms with Gasteiger partial charge >= 0.3 is 5.97 Å². The molecule has 3 N–H and O–H groups in total. The van der Waals surface area contributed by atoms with Crippen LogP contribution < -0.4 is 0 Å². The van der Waals surface area contributed by atoms with E-state index in [1.807, 2.05) is 13.8 Å². The first-order valence-corrected chi connectivity index (χ1v) is 12.1. The van der Waals surface area contributed by atoms with Crippen LogP contribution in [-0.4, -0.2) is 56.1 Å². The highest BCUT2D eigenvalue weighted by atomic mass is 16.6. The van der Waals surface area contributed by atoms with Gasteiger partial charge in [-0.15, -0.1) is 0 Å². The number of carbonyl (C=O) groups excluding carboxylic acids is 2. The van der Waals surface area contributed by atoms with Crippen LogP contribution in [0.2, 0.25) is 0 Å². The van der Waals surface area contributed by atoms with Crippen LogP contribution in [0.5, 0.6) is 0 Å².